The van der Waals surface area contributed by atoms with Gasteiger partial charge in [-0.15, -0.1) is 10.2 Å². The highest BCUT2D eigenvalue weighted by atomic mass is 32.1. The summed E-state index contributed by atoms with van der Waals surface area (Å²) in [6, 6.07) is 8.40. The first-order valence-corrected chi connectivity index (χ1v) is 13.6. The number of aliphatic hydroxyl groups excluding tert-OH is 1. The van der Waals surface area contributed by atoms with Crippen LogP contribution in [0.25, 0.3) is 10.6 Å². The number of ether oxygens (including phenoxy) is 1. The molecule has 2 aliphatic carbocycles. The molecule has 190 valence electrons. The van der Waals surface area contributed by atoms with Gasteiger partial charge in [0.1, 0.15) is 10.7 Å². The third kappa shape index (κ3) is 3.89. The molecular weight excluding hydrogens is 476 g/mol. The minimum absolute atomic E-state index is 0.128. The second-order valence-electron chi connectivity index (χ2n) is 10.5. The number of aromatic nitrogens is 3. The number of fused-ring (bicyclic) bond motifs is 1. The van der Waals surface area contributed by atoms with Gasteiger partial charge in [0, 0.05) is 31.8 Å². The molecule has 0 bridgehead atoms. The van der Waals surface area contributed by atoms with Crippen LogP contribution in [0.15, 0.2) is 35.3 Å². The van der Waals surface area contributed by atoms with E-state index >= 15 is 0 Å². The van der Waals surface area contributed by atoms with Crippen LogP contribution >= 0.6 is 11.3 Å². The topological polar surface area (TPSA) is 101 Å². The molecule has 0 radical (unpaired) electrons. The zero-order valence-electron chi connectivity index (χ0n) is 20.8. The number of aryl methyl sites for hydroxylation is 1. The summed E-state index contributed by atoms with van der Waals surface area (Å²) < 4.78 is 8.21. The largest absolute Gasteiger partial charge is 0.503 e. The maximum absolute atomic E-state index is 13.4. The first-order valence-electron chi connectivity index (χ1n) is 12.8. The Morgan fingerprint density at radius 1 is 1.22 bits per heavy atom. The van der Waals surface area contributed by atoms with Crippen molar-refractivity contribution >= 4 is 11.3 Å². The van der Waals surface area contributed by atoms with Crippen molar-refractivity contribution in [3.05, 3.63) is 62.5 Å². The van der Waals surface area contributed by atoms with Gasteiger partial charge in [0.25, 0.3) is 0 Å². The first kappa shape index (κ1) is 23.8. The number of nitrogens with zero attached hydrogens (tertiary/aromatic N) is 4. The predicted octanol–water partition coefficient (Wildman–Crippen LogP) is 3.80. The van der Waals surface area contributed by atoms with Gasteiger partial charge in [-0.25, -0.2) is 0 Å². The molecule has 36 heavy (non-hydrogen) atoms. The van der Waals surface area contributed by atoms with Crippen LogP contribution < -0.4 is 5.43 Å². The average molecular weight is 509 g/mol. The molecule has 6 rings (SSSR count). The highest BCUT2D eigenvalue weighted by Gasteiger charge is 2.61. The average Bonchev–Trinajstić information content (AvgIpc) is 3.76. The summed E-state index contributed by atoms with van der Waals surface area (Å²) in [7, 11) is 0. The zero-order chi connectivity index (χ0) is 25.2. The molecule has 9 heteroatoms. The summed E-state index contributed by atoms with van der Waals surface area (Å²) in [6.45, 7) is 7.41. The molecule has 0 saturated heterocycles. The Hall–Kier alpha value is -2.59. The fraction of sp³-hybridized carbons (Fsp3) is 0.519. The number of benzene rings is 1. The van der Waals surface area contributed by atoms with Crippen LogP contribution in [0.2, 0.25) is 0 Å². The Bertz CT molecular complexity index is 1350. The van der Waals surface area contributed by atoms with Crippen molar-refractivity contribution in [3.8, 4) is 16.3 Å². The van der Waals surface area contributed by atoms with Crippen LogP contribution in [0.4, 0.5) is 0 Å². The summed E-state index contributed by atoms with van der Waals surface area (Å²) >= 11 is 1.36. The van der Waals surface area contributed by atoms with E-state index in [1.165, 1.54) is 16.9 Å². The lowest BCUT2D eigenvalue weighted by Crippen LogP contribution is -2.49. The normalized spacial score (nSPS) is 27.7. The van der Waals surface area contributed by atoms with Crippen molar-refractivity contribution in [2.75, 3.05) is 13.2 Å². The molecule has 3 unspecified atom stereocenters. The Morgan fingerprint density at radius 3 is 2.58 bits per heavy atom. The standard InChI is InChI=1S/C27H32N4O4S/c1-4-35-27(12-16(27)3)20-14-30(18-9-10-18)26(34)22-24(33)23(32)19(13-31(20)22)25-29-28-21(36-25)11-17-7-5-15(2)6-8-17/h5-8,13,16,18,20,26,33-34H,4,9-12,14H2,1-3H3/t16?,20-,26?,27?/m1/s1. The lowest BCUT2D eigenvalue weighted by atomic mass is 9.99. The van der Waals surface area contributed by atoms with E-state index in [9.17, 15) is 15.0 Å². The second-order valence-corrected chi connectivity index (χ2v) is 11.5. The van der Waals surface area contributed by atoms with Gasteiger partial charge in [-0.05, 0) is 44.6 Å². The Kier molecular flexibility index (Phi) is 5.79. The van der Waals surface area contributed by atoms with Crippen LogP contribution in [0.3, 0.4) is 0 Å². The minimum Gasteiger partial charge on any atom is -0.503 e. The highest BCUT2D eigenvalue weighted by Crippen LogP contribution is 2.57. The molecule has 0 spiro atoms. The second kappa shape index (κ2) is 8.76. The third-order valence-corrected chi connectivity index (χ3v) is 8.95. The van der Waals surface area contributed by atoms with Crippen LogP contribution in [0, 0.1) is 12.8 Å². The van der Waals surface area contributed by atoms with Crippen molar-refractivity contribution < 1.29 is 14.9 Å². The van der Waals surface area contributed by atoms with Gasteiger partial charge in [0.15, 0.2) is 17.0 Å². The number of aliphatic hydroxyl groups is 1. The molecule has 3 aliphatic rings. The molecule has 2 aromatic heterocycles. The lowest BCUT2D eigenvalue weighted by Gasteiger charge is -2.44. The molecule has 1 aliphatic heterocycles. The van der Waals surface area contributed by atoms with Crippen LogP contribution in [0.1, 0.15) is 67.2 Å². The Morgan fingerprint density at radius 2 is 1.94 bits per heavy atom. The molecule has 2 fully saturated rings. The van der Waals surface area contributed by atoms with E-state index in [2.05, 4.69) is 48.3 Å². The fourth-order valence-corrected chi connectivity index (χ4v) is 6.63. The number of hydrogen-bond donors (Lipinski definition) is 2. The SMILES string of the molecule is CCOC1([C@H]2CN(C3CC3)C(O)c3c(O)c(=O)c(-c4nnc(Cc5ccc(C)cc5)s4)cn32)CC1C. The van der Waals surface area contributed by atoms with E-state index < -0.39 is 17.4 Å². The quantitative estimate of drug-likeness (QED) is 0.501. The number of pyridine rings is 1. The van der Waals surface area contributed by atoms with Crippen molar-refractivity contribution in [2.24, 2.45) is 5.92 Å². The Balaban J connectivity index is 1.41. The lowest BCUT2D eigenvalue weighted by molar-refractivity contribution is -0.0835. The molecule has 3 aromatic rings. The summed E-state index contributed by atoms with van der Waals surface area (Å²) in [4.78, 5) is 15.4. The van der Waals surface area contributed by atoms with Crippen LogP contribution in [0.5, 0.6) is 5.75 Å². The molecule has 3 heterocycles. The molecule has 4 atom stereocenters. The predicted molar refractivity (Wildman–Crippen MR) is 137 cm³/mol. The van der Waals surface area contributed by atoms with Crippen molar-refractivity contribution in [3.63, 3.8) is 0 Å². The van der Waals surface area contributed by atoms with Gasteiger partial charge in [-0.2, -0.15) is 0 Å². The van der Waals surface area contributed by atoms with E-state index in [1.54, 1.807) is 6.20 Å². The van der Waals surface area contributed by atoms with Gasteiger partial charge in [-0.3, -0.25) is 9.69 Å². The van der Waals surface area contributed by atoms with Gasteiger partial charge >= 0.3 is 0 Å². The summed E-state index contributed by atoms with van der Waals surface area (Å²) in [6.07, 6.45) is 4.28. The maximum atomic E-state index is 13.4. The molecular formula is C27H32N4O4S. The van der Waals surface area contributed by atoms with E-state index in [0.717, 1.165) is 29.8 Å². The van der Waals surface area contributed by atoms with Crippen LogP contribution in [-0.2, 0) is 11.2 Å². The van der Waals surface area contributed by atoms with Gasteiger partial charge < -0.3 is 19.5 Å². The summed E-state index contributed by atoms with van der Waals surface area (Å²) in [5, 5.41) is 32.3. The monoisotopic (exact) mass is 508 g/mol. The smallest absolute Gasteiger partial charge is 0.233 e. The van der Waals surface area contributed by atoms with E-state index in [0.29, 0.717) is 36.1 Å². The minimum atomic E-state index is -1.03. The van der Waals surface area contributed by atoms with Crippen LogP contribution in [-0.4, -0.2) is 54.7 Å². The van der Waals surface area contributed by atoms with E-state index in [4.69, 9.17) is 4.74 Å². The van der Waals surface area contributed by atoms with E-state index in [-0.39, 0.29) is 23.4 Å². The van der Waals surface area contributed by atoms with Crippen molar-refractivity contribution in [1.29, 1.82) is 0 Å². The van der Waals surface area contributed by atoms with Crippen molar-refractivity contribution in [1.82, 2.24) is 19.7 Å². The van der Waals surface area contributed by atoms with Gasteiger partial charge in [0.2, 0.25) is 5.43 Å². The highest BCUT2D eigenvalue weighted by molar-refractivity contribution is 7.14. The van der Waals surface area contributed by atoms with Gasteiger partial charge in [0.05, 0.1) is 17.2 Å². The summed E-state index contributed by atoms with van der Waals surface area (Å²) in [5.41, 5.74) is 1.98. The molecule has 2 saturated carbocycles. The number of hydrogen-bond acceptors (Lipinski definition) is 8. The van der Waals surface area contributed by atoms with Gasteiger partial charge in [-0.1, -0.05) is 48.1 Å². The maximum Gasteiger partial charge on any atom is 0.233 e. The third-order valence-electron chi connectivity index (χ3n) is 7.99. The molecule has 0 amide bonds. The van der Waals surface area contributed by atoms with E-state index in [1.807, 2.05) is 16.4 Å². The van der Waals surface area contributed by atoms with Crippen molar-refractivity contribution in [2.45, 2.75) is 70.4 Å². The summed E-state index contributed by atoms with van der Waals surface area (Å²) in [5.74, 6) is -0.0650. The molecule has 8 nitrogen and oxygen atoms in total. The first-order chi connectivity index (χ1) is 17.3. The molecule has 1 aromatic carbocycles. The number of rotatable bonds is 7. The fourth-order valence-electron chi connectivity index (χ4n) is 5.75. The zero-order valence-corrected chi connectivity index (χ0v) is 21.7. The molecule has 2 N–H and O–H groups in total. The Labute approximate surface area is 214 Å². The number of aromatic hydroxyl groups is 1.